The number of hydrogen-bond donors (Lipinski definition) is 3. The third-order valence-corrected chi connectivity index (χ3v) is 4.80. The number of carbonyl (C=O) groups is 2. The van der Waals surface area contributed by atoms with Crippen molar-refractivity contribution >= 4 is 34.8 Å². The molecule has 23 heavy (non-hydrogen) atoms. The lowest BCUT2D eigenvalue weighted by Gasteiger charge is -2.15. The monoisotopic (exact) mass is 351 g/mol. The van der Waals surface area contributed by atoms with E-state index < -0.39 is 11.8 Å². The highest BCUT2D eigenvalue weighted by atomic mass is 35.5. The van der Waals surface area contributed by atoms with Crippen molar-refractivity contribution in [3.05, 3.63) is 56.7 Å². The van der Waals surface area contributed by atoms with Gasteiger partial charge < -0.3 is 16.8 Å². The Labute approximate surface area is 143 Å². The lowest BCUT2D eigenvalue weighted by Crippen LogP contribution is -2.37. The molecular weight excluding hydrogens is 334 g/mol. The Hall–Kier alpha value is -1.89. The van der Waals surface area contributed by atoms with E-state index >= 15 is 0 Å². The van der Waals surface area contributed by atoms with Gasteiger partial charge in [0, 0.05) is 18.1 Å². The second kappa shape index (κ2) is 8.10. The first-order valence-electron chi connectivity index (χ1n) is 7.09. The molecule has 0 aliphatic carbocycles. The van der Waals surface area contributed by atoms with E-state index in [4.69, 9.17) is 23.1 Å². The third-order valence-electron chi connectivity index (χ3n) is 3.45. The third kappa shape index (κ3) is 4.79. The number of nitrogens with two attached hydrogens (primary N) is 2. The second-order valence-electron chi connectivity index (χ2n) is 5.13. The molecule has 1 aromatic heterocycles. The predicted molar refractivity (Wildman–Crippen MR) is 92.4 cm³/mol. The standard InChI is InChI=1S/C16H18ClN3O2S/c17-13-4-2-1-3-11(13)6-12(15(19)21)8-20-16(22)14-5-10(7-18)9-23-14/h1-5,9,12H,6-8,18H2,(H2,19,21)(H,20,22). The largest absolute Gasteiger partial charge is 0.369 e. The topological polar surface area (TPSA) is 98.2 Å². The van der Waals surface area contributed by atoms with Crippen LogP contribution < -0.4 is 16.8 Å². The van der Waals surface area contributed by atoms with Gasteiger partial charge in [0.1, 0.15) is 0 Å². The number of primary amides is 1. The summed E-state index contributed by atoms with van der Waals surface area (Å²) in [6, 6.07) is 9.00. The highest BCUT2D eigenvalue weighted by Gasteiger charge is 2.19. The first kappa shape index (κ1) is 17.5. The Balaban J connectivity index is 1.98. The maximum absolute atomic E-state index is 12.1. The van der Waals surface area contributed by atoms with Gasteiger partial charge in [-0.1, -0.05) is 29.8 Å². The fourth-order valence-corrected chi connectivity index (χ4v) is 3.16. The number of rotatable bonds is 7. The quantitative estimate of drug-likeness (QED) is 0.710. The minimum absolute atomic E-state index is 0.162. The minimum atomic E-state index is -0.521. The van der Waals surface area contributed by atoms with Crippen LogP contribution in [-0.2, 0) is 17.8 Å². The van der Waals surface area contributed by atoms with E-state index in [2.05, 4.69) is 5.32 Å². The van der Waals surface area contributed by atoms with E-state index in [1.165, 1.54) is 11.3 Å². The second-order valence-corrected chi connectivity index (χ2v) is 6.45. The first-order valence-corrected chi connectivity index (χ1v) is 8.35. The number of nitrogens with one attached hydrogen (secondary N) is 1. The summed E-state index contributed by atoms with van der Waals surface area (Å²) in [4.78, 5) is 24.3. The summed E-state index contributed by atoms with van der Waals surface area (Å²) in [6.07, 6.45) is 0.383. The van der Waals surface area contributed by atoms with Gasteiger partial charge in [-0.3, -0.25) is 9.59 Å². The van der Waals surface area contributed by atoms with Gasteiger partial charge in [-0.05, 0) is 35.1 Å². The first-order chi connectivity index (χ1) is 11.0. The number of halogens is 1. The molecule has 0 saturated carbocycles. The number of hydrogen-bond acceptors (Lipinski definition) is 4. The molecule has 0 bridgehead atoms. The van der Waals surface area contributed by atoms with Crippen LogP contribution in [0, 0.1) is 5.92 Å². The van der Waals surface area contributed by atoms with Gasteiger partial charge in [0.05, 0.1) is 10.8 Å². The predicted octanol–water partition coefficient (Wildman–Crippen LogP) is 1.93. The smallest absolute Gasteiger partial charge is 0.261 e. The van der Waals surface area contributed by atoms with E-state index in [0.717, 1.165) is 11.1 Å². The maximum Gasteiger partial charge on any atom is 0.261 e. The van der Waals surface area contributed by atoms with Crippen molar-refractivity contribution in [3.63, 3.8) is 0 Å². The van der Waals surface area contributed by atoms with Gasteiger partial charge in [0.2, 0.25) is 5.91 Å². The van der Waals surface area contributed by atoms with Crippen LogP contribution in [0.15, 0.2) is 35.7 Å². The Kier molecular flexibility index (Phi) is 6.15. The van der Waals surface area contributed by atoms with E-state index in [1.807, 2.05) is 23.6 Å². The van der Waals surface area contributed by atoms with Crippen molar-refractivity contribution < 1.29 is 9.59 Å². The summed E-state index contributed by atoms with van der Waals surface area (Å²) < 4.78 is 0. The fourth-order valence-electron chi connectivity index (χ4n) is 2.11. The Bertz CT molecular complexity index is 702. The van der Waals surface area contributed by atoms with E-state index in [-0.39, 0.29) is 12.5 Å². The summed E-state index contributed by atoms with van der Waals surface area (Å²) in [5.74, 6) is -1.23. The van der Waals surface area contributed by atoms with Crippen molar-refractivity contribution in [1.82, 2.24) is 5.32 Å². The molecule has 1 heterocycles. The molecule has 1 atom stereocenters. The molecule has 0 fully saturated rings. The van der Waals surface area contributed by atoms with Crippen LogP contribution in [0.5, 0.6) is 0 Å². The molecule has 0 saturated heterocycles. The van der Waals surface area contributed by atoms with Gasteiger partial charge in [0.15, 0.2) is 0 Å². The highest BCUT2D eigenvalue weighted by Crippen LogP contribution is 2.19. The van der Waals surface area contributed by atoms with Gasteiger partial charge in [-0.15, -0.1) is 11.3 Å². The van der Waals surface area contributed by atoms with Crippen LogP contribution in [0.25, 0.3) is 0 Å². The molecular formula is C16H18ClN3O2S. The average Bonchev–Trinajstić information content (AvgIpc) is 3.01. The van der Waals surface area contributed by atoms with Gasteiger partial charge >= 0.3 is 0 Å². The summed E-state index contributed by atoms with van der Waals surface area (Å²) >= 11 is 7.42. The molecule has 0 radical (unpaired) electrons. The van der Waals surface area contributed by atoms with Gasteiger partial charge in [-0.2, -0.15) is 0 Å². The number of thiophene rings is 1. The average molecular weight is 352 g/mol. The Morgan fingerprint density at radius 2 is 2.04 bits per heavy atom. The van der Waals surface area contributed by atoms with Crippen molar-refractivity contribution in [2.75, 3.05) is 6.54 Å². The van der Waals surface area contributed by atoms with Crippen LogP contribution in [0.4, 0.5) is 0 Å². The van der Waals surface area contributed by atoms with Gasteiger partial charge in [0.25, 0.3) is 5.91 Å². The van der Waals surface area contributed by atoms with E-state index in [9.17, 15) is 9.59 Å². The summed E-state index contributed by atoms with van der Waals surface area (Å²) in [5, 5.41) is 5.16. The molecule has 5 nitrogen and oxygen atoms in total. The molecule has 0 spiro atoms. The zero-order valence-corrected chi connectivity index (χ0v) is 14.0. The Morgan fingerprint density at radius 1 is 1.30 bits per heavy atom. The molecule has 2 aromatic rings. The fraction of sp³-hybridized carbons (Fsp3) is 0.250. The zero-order valence-electron chi connectivity index (χ0n) is 12.4. The van der Waals surface area contributed by atoms with Crippen LogP contribution in [0.1, 0.15) is 20.8 Å². The molecule has 1 aromatic carbocycles. The summed E-state index contributed by atoms with van der Waals surface area (Å²) in [6.45, 7) is 0.551. The van der Waals surface area contributed by atoms with E-state index in [0.29, 0.717) is 22.9 Å². The summed E-state index contributed by atoms with van der Waals surface area (Å²) in [5.41, 5.74) is 12.7. The number of amides is 2. The number of benzene rings is 1. The molecule has 7 heteroatoms. The van der Waals surface area contributed by atoms with Crippen LogP contribution in [0.3, 0.4) is 0 Å². The van der Waals surface area contributed by atoms with Crippen LogP contribution in [0.2, 0.25) is 5.02 Å². The maximum atomic E-state index is 12.1. The molecule has 2 rings (SSSR count). The molecule has 0 aliphatic rings. The highest BCUT2D eigenvalue weighted by molar-refractivity contribution is 7.12. The van der Waals surface area contributed by atoms with Crippen LogP contribution >= 0.6 is 22.9 Å². The summed E-state index contributed by atoms with van der Waals surface area (Å²) in [7, 11) is 0. The molecule has 1 unspecified atom stereocenters. The lowest BCUT2D eigenvalue weighted by atomic mass is 9.98. The minimum Gasteiger partial charge on any atom is -0.369 e. The lowest BCUT2D eigenvalue weighted by molar-refractivity contribution is -0.121. The zero-order chi connectivity index (χ0) is 16.8. The Morgan fingerprint density at radius 3 is 2.65 bits per heavy atom. The van der Waals surface area contributed by atoms with Crippen molar-refractivity contribution in [2.24, 2.45) is 17.4 Å². The molecule has 5 N–H and O–H groups in total. The SMILES string of the molecule is NCc1csc(C(=O)NCC(Cc2ccccc2Cl)C(N)=O)c1. The molecule has 2 amide bonds. The van der Waals surface area contributed by atoms with Crippen LogP contribution in [-0.4, -0.2) is 18.4 Å². The van der Waals surface area contributed by atoms with Crippen molar-refractivity contribution in [1.29, 1.82) is 0 Å². The van der Waals surface area contributed by atoms with Gasteiger partial charge in [-0.25, -0.2) is 0 Å². The van der Waals surface area contributed by atoms with E-state index in [1.54, 1.807) is 12.1 Å². The number of carbonyl (C=O) groups excluding carboxylic acids is 2. The molecule has 0 aliphatic heterocycles. The van der Waals surface area contributed by atoms with Crippen molar-refractivity contribution in [3.8, 4) is 0 Å². The van der Waals surface area contributed by atoms with Crippen molar-refractivity contribution in [2.45, 2.75) is 13.0 Å². The normalized spacial score (nSPS) is 11.9. The molecule has 122 valence electrons.